The normalized spacial score (nSPS) is 11.2. The van der Waals surface area contributed by atoms with E-state index in [-0.39, 0.29) is 29.9 Å². The Labute approximate surface area is 178 Å². The van der Waals surface area contributed by atoms with E-state index in [0.29, 0.717) is 12.5 Å². The lowest BCUT2D eigenvalue weighted by molar-refractivity contribution is 0.281. The van der Waals surface area contributed by atoms with Crippen LogP contribution >= 0.6 is 24.0 Å². The van der Waals surface area contributed by atoms with Crippen molar-refractivity contribution in [3.63, 3.8) is 0 Å². The molecule has 0 saturated carbocycles. The molecular weight excluding hydrogens is 457 g/mol. The molecule has 1 aromatic heterocycles. The van der Waals surface area contributed by atoms with E-state index in [9.17, 15) is 0 Å². The number of para-hydroxylation sites is 1. The molecule has 0 spiro atoms. The van der Waals surface area contributed by atoms with Crippen LogP contribution in [0, 0.1) is 0 Å². The van der Waals surface area contributed by atoms with Gasteiger partial charge in [-0.15, -0.1) is 24.0 Å². The van der Waals surface area contributed by atoms with Gasteiger partial charge in [0.1, 0.15) is 12.4 Å². The minimum Gasteiger partial charge on any atom is -0.492 e. The minimum absolute atomic E-state index is 0. The van der Waals surface area contributed by atoms with Gasteiger partial charge in [0, 0.05) is 33.0 Å². The number of nitrogens with one attached hydrogen (secondary N) is 1. The SMILES string of the molecule is CN=C(NCCCc1nc(C(C)C)no1)N(C)CCOc1ccccc1.I. The first-order valence-electron chi connectivity index (χ1n) is 9.02. The summed E-state index contributed by atoms with van der Waals surface area (Å²) in [6.07, 6.45) is 1.65. The van der Waals surface area contributed by atoms with E-state index in [0.717, 1.165) is 43.5 Å². The van der Waals surface area contributed by atoms with Crippen LogP contribution in [0.1, 0.15) is 37.9 Å². The minimum atomic E-state index is 0. The number of nitrogens with zero attached hydrogens (tertiary/aromatic N) is 4. The van der Waals surface area contributed by atoms with Gasteiger partial charge in [-0.2, -0.15) is 4.98 Å². The molecule has 2 rings (SSSR count). The van der Waals surface area contributed by atoms with Gasteiger partial charge in [0.25, 0.3) is 0 Å². The third kappa shape index (κ3) is 8.15. The molecule has 7 nitrogen and oxygen atoms in total. The fourth-order valence-electron chi connectivity index (χ4n) is 2.35. The Morgan fingerprint density at radius 2 is 2.04 bits per heavy atom. The highest BCUT2D eigenvalue weighted by Crippen LogP contribution is 2.10. The molecule has 0 atom stereocenters. The molecular formula is C19H30IN5O2. The van der Waals surface area contributed by atoms with Gasteiger partial charge in [-0.05, 0) is 18.6 Å². The van der Waals surface area contributed by atoms with E-state index in [4.69, 9.17) is 9.26 Å². The molecule has 1 heterocycles. The van der Waals surface area contributed by atoms with Crippen LogP contribution in [0.3, 0.4) is 0 Å². The number of hydrogen-bond donors (Lipinski definition) is 1. The van der Waals surface area contributed by atoms with E-state index in [1.54, 1.807) is 7.05 Å². The average Bonchev–Trinajstić information content (AvgIpc) is 3.12. The Kier molecular flexibility index (Phi) is 10.8. The first-order chi connectivity index (χ1) is 12.6. The second-order valence-corrected chi connectivity index (χ2v) is 6.36. The molecule has 1 N–H and O–H groups in total. The topological polar surface area (TPSA) is 75.8 Å². The number of hydrogen-bond acceptors (Lipinski definition) is 5. The summed E-state index contributed by atoms with van der Waals surface area (Å²) < 4.78 is 11.0. The first-order valence-corrected chi connectivity index (χ1v) is 9.02. The molecule has 1 aromatic carbocycles. The van der Waals surface area contributed by atoms with Crippen molar-refractivity contribution in [1.82, 2.24) is 20.4 Å². The summed E-state index contributed by atoms with van der Waals surface area (Å²) in [5.74, 6) is 3.47. The van der Waals surface area contributed by atoms with E-state index in [1.807, 2.05) is 42.3 Å². The van der Waals surface area contributed by atoms with Crippen LogP contribution in [0.4, 0.5) is 0 Å². The molecule has 150 valence electrons. The number of likely N-dealkylation sites (N-methyl/N-ethyl adjacent to an activating group) is 1. The highest BCUT2D eigenvalue weighted by Gasteiger charge is 2.10. The van der Waals surface area contributed by atoms with E-state index in [2.05, 4.69) is 34.3 Å². The standard InChI is InChI=1S/C19H29N5O2.HI/c1-15(2)18-22-17(26-23-18)11-8-12-21-19(20-3)24(4)13-14-25-16-9-6-5-7-10-16;/h5-7,9-10,15H,8,11-14H2,1-4H3,(H,20,21);1H. The lowest BCUT2D eigenvalue weighted by Gasteiger charge is -2.22. The number of aromatic nitrogens is 2. The fourth-order valence-corrected chi connectivity index (χ4v) is 2.35. The summed E-state index contributed by atoms with van der Waals surface area (Å²) >= 11 is 0. The number of halogens is 1. The number of benzene rings is 1. The molecule has 0 aliphatic heterocycles. The third-order valence-corrected chi connectivity index (χ3v) is 3.86. The molecule has 0 amide bonds. The van der Waals surface area contributed by atoms with Crippen LogP contribution < -0.4 is 10.1 Å². The van der Waals surface area contributed by atoms with Gasteiger partial charge in [-0.25, -0.2) is 0 Å². The maximum atomic E-state index is 5.72. The number of aliphatic imine (C=N–C) groups is 1. The van der Waals surface area contributed by atoms with E-state index >= 15 is 0 Å². The second-order valence-electron chi connectivity index (χ2n) is 6.36. The average molecular weight is 487 g/mol. The zero-order valence-electron chi connectivity index (χ0n) is 16.5. The van der Waals surface area contributed by atoms with Crippen molar-refractivity contribution in [1.29, 1.82) is 0 Å². The van der Waals surface area contributed by atoms with Gasteiger partial charge >= 0.3 is 0 Å². The zero-order valence-corrected chi connectivity index (χ0v) is 18.8. The van der Waals surface area contributed by atoms with Crippen molar-refractivity contribution in [3.05, 3.63) is 42.0 Å². The summed E-state index contributed by atoms with van der Waals surface area (Å²) in [5, 5.41) is 7.33. The smallest absolute Gasteiger partial charge is 0.226 e. The van der Waals surface area contributed by atoms with Crippen LogP contribution in [0.2, 0.25) is 0 Å². The molecule has 0 bridgehead atoms. The second kappa shape index (κ2) is 12.5. The lowest BCUT2D eigenvalue weighted by Crippen LogP contribution is -2.41. The van der Waals surface area contributed by atoms with E-state index in [1.165, 1.54) is 0 Å². The van der Waals surface area contributed by atoms with Crippen LogP contribution in [0.15, 0.2) is 39.8 Å². The Hall–Kier alpha value is -1.84. The number of aryl methyl sites for hydroxylation is 1. The van der Waals surface area contributed by atoms with Crippen molar-refractivity contribution in [2.75, 3.05) is 33.8 Å². The summed E-state index contributed by atoms with van der Waals surface area (Å²) in [6, 6.07) is 9.81. The van der Waals surface area contributed by atoms with Gasteiger partial charge in [0.2, 0.25) is 5.89 Å². The number of rotatable bonds is 9. The Morgan fingerprint density at radius 1 is 1.30 bits per heavy atom. The van der Waals surface area contributed by atoms with Gasteiger partial charge in [-0.3, -0.25) is 4.99 Å². The summed E-state index contributed by atoms with van der Waals surface area (Å²) in [4.78, 5) is 10.7. The highest BCUT2D eigenvalue weighted by atomic mass is 127. The number of ether oxygens (including phenoxy) is 1. The highest BCUT2D eigenvalue weighted by molar-refractivity contribution is 14.0. The molecule has 2 aromatic rings. The molecule has 27 heavy (non-hydrogen) atoms. The van der Waals surface area contributed by atoms with Crippen molar-refractivity contribution in [2.24, 2.45) is 4.99 Å². The first kappa shape index (κ1) is 23.2. The quantitative estimate of drug-likeness (QED) is 0.253. The van der Waals surface area contributed by atoms with Gasteiger partial charge in [0.15, 0.2) is 11.8 Å². The van der Waals surface area contributed by atoms with Crippen LogP contribution in [0.25, 0.3) is 0 Å². The molecule has 0 radical (unpaired) electrons. The Morgan fingerprint density at radius 3 is 2.67 bits per heavy atom. The Bertz CT molecular complexity index is 676. The third-order valence-electron chi connectivity index (χ3n) is 3.86. The van der Waals surface area contributed by atoms with Gasteiger partial charge in [0.05, 0.1) is 6.54 Å². The van der Waals surface area contributed by atoms with Crippen molar-refractivity contribution in [3.8, 4) is 5.75 Å². The molecule has 0 unspecified atom stereocenters. The van der Waals surface area contributed by atoms with Crippen LogP contribution in [-0.4, -0.2) is 54.8 Å². The molecule has 0 aliphatic rings. The number of guanidine groups is 1. The molecule has 0 fully saturated rings. The van der Waals surface area contributed by atoms with Crippen LogP contribution in [0.5, 0.6) is 5.75 Å². The summed E-state index contributed by atoms with van der Waals surface area (Å²) in [6.45, 7) is 6.24. The monoisotopic (exact) mass is 487 g/mol. The lowest BCUT2D eigenvalue weighted by atomic mass is 10.2. The summed E-state index contributed by atoms with van der Waals surface area (Å²) in [7, 11) is 3.78. The van der Waals surface area contributed by atoms with Crippen molar-refractivity contribution < 1.29 is 9.26 Å². The fraction of sp³-hybridized carbons (Fsp3) is 0.526. The van der Waals surface area contributed by atoms with Crippen molar-refractivity contribution >= 4 is 29.9 Å². The maximum Gasteiger partial charge on any atom is 0.226 e. The van der Waals surface area contributed by atoms with Gasteiger partial charge < -0.3 is 19.5 Å². The predicted octanol–water partition coefficient (Wildman–Crippen LogP) is 3.33. The molecule has 0 aliphatic carbocycles. The summed E-state index contributed by atoms with van der Waals surface area (Å²) in [5.41, 5.74) is 0. The zero-order chi connectivity index (χ0) is 18.8. The molecule has 8 heteroatoms. The Balaban J connectivity index is 0.00000364. The maximum absolute atomic E-state index is 5.72. The predicted molar refractivity (Wildman–Crippen MR) is 118 cm³/mol. The van der Waals surface area contributed by atoms with Crippen LogP contribution in [-0.2, 0) is 6.42 Å². The largest absolute Gasteiger partial charge is 0.492 e. The van der Waals surface area contributed by atoms with Crippen molar-refractivity contribution in [2.45, 2.75) is 32.6 Å². The van der Waals surface area contributed by atoms with Gasteiger partial charge in [-0.1, -0.05) is 37.2 Å². The van der Waals surface area contributed by atoms with E-state index < -0.39 is 0 Å². The molecule has 0 saturated heterocycles.